The Morgan fingerprint density at radius 3 is 2.41 bits per heavy atom. The highest BCUT2D eigenvalue weighted by Gasteiger charge is 2.20. The Bertz CT molecular complexity index is 285. The molecule has 0 amide bonds. The normalized spacial score (nSPS) is 18.4. The molecule has 1 saturated carbocycles. The Morgan fingerprint density at radius 2 is 1.76 bits per heavy atom. The van der Waals surface area contributed by atoms with Crippen molar-refractivity contribution in [3.63, 3.8) is 0 Å². The molecule has 0 aromatic carbocycles. The average molecular weight is 262 g/mol. The maximum Gasteiger partial charge on any atom is 0.211 e. The van der Waals surface area contributed by atoms with Crippen LogP contribution in [0, 0.1) is 5.92 Å². The second-order valence-electron chi connectivity index (χ2n) is 5.03. The van der Waals surface area contributed by atoms with E-state index in [1.807, 2.05) is 0 Å². The average Bonchev–Trinajstić information content (AvgIpc) is 2.29. The Morgan fingerprint density at radius 1 is 1.06 bits per heavy atom. The van der Waals surface area contributed by atoms with Gasteiger partial charge in [0, 0.05) is 6.54 Å². The zero-order chi connectivity index (χ0) is 12.6. The van der Waals surface area contributed by atoms with Gasteiger partial charge < -0.3 is 5.73 Å². The van der Waals surface area contributed by atoms with E-state index in [4.69, 9.17) is 5.73 Å². The van der Waals surface area contributed by atoms with E-state index in [0.29, 0.717) is 24.8 Å². The lowest BCUT2D eigenvalue weighted by atomic mass is 9.91. The zero-order valence-corrected chi connectivity index (χ0v) is 11.5. The molecule has 4 nitrogen and oxygen atoms in total. The molecular weight excluding hydrogens is 236 g/mol. The number of hydrogen-bond acceptors (Lipinski definition) is 3. The topological polar surface area (TPSA) is 72.2 Å². The van der Waals surface area contributed by atoms with Gasteiger partial charge in [0.15, 0.2) is 0 Å². The fourth-order valence-corrected chi connectivity index (χ4v) is 3.92. The van der Waals surface area contributed by atoms with Gasteiger partial charge in [-0.05, 0) is 38.1 Å². The minimum Gasteiger partial charge on any atom is -0.330 e. The van der Waals surface area contributed by atoms with Crippen molar-refractivity contribution in [1.82, 2.24) is 4.72 Å². The molecule has 0 heterocycles. The zero-order valence-electron chi connectivity index (χ0n) is 10.7. The van der Waals surface area contributed by atoms with Crippen molar-refractivity contribution >= 4 is 10.0 Å². The van der Waals surface area contributed by atoms with Crippen molar-refractivity contribution in [2.24, 2.45) is 11.7 Å². The summed E-state index contributed by atoms with van der Waals surface area (Å²) in [4.78, 5) is 0. The van der Waals surface area contributed by atoms with Gasteiger partial charge in [0.25, 0.3) is 0 Å². The van der Waals surface area contributed by atoms with Crippen LogP contribution in [0.3, 0.4) is 0 Å². The SMILES string of the molecule is NCCCCCNS(=O)(=O)CC1CCCCC1. The lowest BCUT2D eigenvalue weighted by Gasteiger charge is -2.21. The molecule has 1 aliphatic rings. The van der Waals surface area contributed by atoms with Crippen LogP contribution in [0.4, 0.5) is 0 Å². The van der Waals surface area contributed by atoms with E-state index in [2.05, 4.69) is 4.72 Å². The van der Waals surface area contributed by atoms with Gasteiger partial charge >= 0.3 is 0 Å². The summed E-state index contributed by atoms with van der Waals surface area (Å²) in [5, 5.41) is 0. The molecule has 0 aromatic heterocycles. The summed E-state index contributed by atoms with van der Waals surface area (Å²) >= 11 is 0. The van der Waals surface area contributed by atoms with Gasteiger partial charge in [-0.3, -0.25) is 0 Å². The summed E-state index contributed by atoms with van der Waals surface area (Å²) in [6.07, 6.45) is 8.67. The highest BCUT2D eigenvalue weighted by Crippen LogP contribution is 2.24. The molecule has 102 valence electrons. The van der Waals surface area contributed by atoms with Gasteiger partial charge in [0.1, 0.15) is 0 Å². The van der Waals surface area contributed by atoms with Gasteiger partial charge in [-0.25, -0.2) is 13.1 Å². The van der Waals surface area contributed by atoms with E-state index >= 15 is 0 Å². The van der Waals surface area contributed by atoms with E-state index in [1.165, 1.54) is 19.3 Å². The second kappa shape index (κ2) is 8.06. The number of sulfonamides is 1. The lowest BCUT2D eigenvalue weighted by Crippen LogP contribution is -2.31. The lowest BCUT2D eigenvalue weighted by molar-refractivity contribution is 0.384. The molecule has 0 radical (unpaired) electrons. The number of unbranched alkanes of at least 4 members (excludes halogenated alkanes) is 2. The maximum atomic E-state index is 11.8. The quantitative estimate of drug-likeness (QED) is 0.653. The van der Waals surface area contributed by atoms with E-state index in [1.54, 1.807) is 0 Å². The first-order valence-electron chi connectivity index (χ1n) is 6.81. The molecule has 3 N–H and O–H groups in total. The molecule has 17 heavy (non-hydrogen) atoms. The minimum absolute atomic E-state index is 0.323. The largest absolute Gasteiger partial charge is 0.330 e. The van der Waals surface area contributed by atoms with E-state index in [0.717, 1.165) is 32.1 Å². The second-order valence-corrected chi connectivity index (χ2v) is 6.88. The summed E-state index contributed by atoms with van der Waals surface area (Å²) in [5.41, 5.74) is 5.38. The first-order valence-corrected chi connectivity index (χ1v) is 8.46. The van der Waals surface area contributed by atoms with Crippen LogP contribution in [0.15, 0.2) is 0 Å². The maximum absolute atomic E-state index is 11.8. The van der Waals surface area contributed by atoms with E-state index in [-0.39, 0.29) is 0 Å². The molecule has 1 rings (SSSR count). The van der Waals surface area contributed by atoms with Crippen molar-refractivity contribution in [2.45, 2.75) is 51.4 Å². The Labute approximate surface area is 105 Å². The Hall–Kier alpha value is -0.130. The van der Waals surface area contributed by atoms with Crippen molar-refractivity contribution in [3.05, 3.63) is 0 Å². The highest BCUT2D eigenvalue weighted by molar-refractivity contribution is 7.89. The summed E-state index contributed by atoms with van der Waals surface area (Å²) in [7, 11) is -3.05. The van der Waals surface area contributed by atoms with Crippen LogP contribution in [-0.2, 0) is 10.0 Å². The van der Waals surface area contributed by atoms with Crippen molar-refractivity contribution in [2.75, 3.05) is 18.8 Å². The fourth-order valence-electron chi connectivity index (χ4n) is 2.40. The number of nitrogens with one attached hydrogen (secondary N) is 1. The molecule has 0 unspecified atom stereocenters. The number of nitrogens with two attached hydrogens (primary N) is 1. The van der Waals surface area contributed by atoms with E-state index in [9.17, 15) is 8.42 Å². The number of rotatable bonds is 8. The van der Waals surface area contributed by atoms with Gasteiger partial charge in [0.05, 0.1) is 5.75 Å². The summed E-state index contributed by atoms with van der Waals surface area (Å²) < 4.78 is 26.3. The van der Waals surface area contributed by atoms with E-state index < -0.39 is 10.0 Å². The van der Waals surface area contributed by atoms with Crippen LogP contribution >= 0.6 is 0 Å². The molecule has 0 aromatic rings. The monoisotopic (exact) mass is 262 g/mol. The van der Waals surface area contributed by atoms with Gasteiger partial charge in [0.2, 0.25) is 10.0 Å². The molecule has 1 aliphatic carbocycles. The van der Waals surface area contributed by atoms with Crippen LogP contribution in [0.25, 0.3) is 0 Å². The van der Waals surface area contributed by atoms with Crippen LogP contribution < -0.4 is 10.5 Å². The summed E-state index contributed by atoms with van der Waals surface area (Å²) in [6, 6.07) is 0. The smallest absolute Gasteiger partial charge is 0.211 e. The van der Waals surface area contributed by atoms with Gasteiger partial charge in [-0.2, -0.15) is 0 Å². The predicted octanol–water partition coefficient (Wildman–Crippen LogP) is 1.62. The third kappa shape index (κ3) is 7.01. The Balaban J connectivity index is 2.16. The van der Waals surface area contributed by atoms with Crippen LogP contribution in [0.5, 0.6) is 0 Å². The third-order valence-electron chi connectivity index (χ3n) is 3.38. The van der Waals surface area contributed by atoms with Crippen molar-refractivity contribution < 1.29 is 8.42 Å². The summed E-state index contributed by atoms with van der Waals surface area (Å²) in [6.45, 7) is 1.25. The van der Waals surface area contributed by atoms with Crippen LogP contribution in [0.1, 0.15) is 51.4 Å². The predicted molar refractivity (Wildman–Crippen MR) is 71.3 cm³/mol. The Kier molecular flexibility index (Phi) is 7.08. The van der Waals surface area contributed by atoms with Crippen molar-refractivity contribution in [3.8, 4) is 0 Å². The molecule has 0 aliphatic heterocycles. The molecule has 0 saturated heterocycles. The first-order chi connectivity index (χ1) is 8.14. The highest BCUT2D eigenvalue weighted by atomic mass is 32.2. The standard InChI is InChI=1S/C12H26N2O2S/c13-9-5-2-6-10-14-17(15,16)11-12-7-3-1-4-8-12/h12,14H,1-11,13H2. The summed E-state index contributed by atoms with van der Waals surface area (Å²) in [5.74, 6) is 0.703. The number of hydrogen-bond donors (Lipinski definition) is 2. The van der Waals surface area contributed by atoms with Crippen LogP contribution in [0.2, 0.25) is 0 Å². The van der Waals surface area contributed by atoms with Gasteiger partial charge in [-0.15, -0.1) is 0 Å². The van der Waals surface area contributed by atoms with Crippen LogP contribution in [-0.4, -0.2) is 27.3 Å². The third-order valence-corrected chi connectivity index (χ3v) is 4.94. The molecule has 1 fully saturated rings. The minimum atomic E-state index is -3.05. The first kappa shape index (κ1) is 14.9. The fraction of sp³-hybridized carbons (Fsp3) is 1.00. The molecule has 0 atom stereocenters. The molecule has 5 heteroatoms. The molecule has 0 bridgehead atoms. The van der Waals surface area contributed by atoms with Crippen molar-refractivity contribution in [1.29, 1.82) is 0 Å². The molecule has 0 spiro atoms. The molecular formula is C12H26N2O2S. The van der Waals surface area contributed by atoms with Gasteiger partial charge in [-0.1, -0.05) is 25.7 Å².